The van der Waals surface area contributed by atoms with E-state index in [0.717, 1.165) is 0 Å². The molecule has 24 heavy (non-hydrogen) atoms. The maximum Gasteiger partial charge on any atom is 2.00 e. The van der Waals surface area contributed by atoms with Crippen LogP contribution in [0.15, 0.2) is 30.3 Å². The van der Waals surface area contributed by atoms with Gasteiger partial charge >= 0.3 is 37.7 Å². The molecular weight excluding hydrogens is 352 g/mol. The monoisotopic (exact) mass is 382 g/mol. The first-order chi connectivity index (χ1) is 10.9. The number of unbranched alkanes of at least 4 members (excludes halogenated alkanes) is 9. The first kappa shape index (κ1) is 26.6. The van der Waals surface area contributed by atoms with Crippen molar-refractivity contribution in [1.29, 1.82) is 0 Å². The predicted molar refractivity (Wildman–Crippen MR) is 98.2 cm³/mol. The first-order valence-corrected chi connectivity index (χ1v) is 9.97. The van der Waals surface area contributed by atoms with E-state index < -0.39 is 10.4 Å². The van der Waals surface area contributed by atoms with Gasteiger partial charge in [0.25, 0.3) is 0 Å². The van der Waals surface area contributed by atoms with Crippen LogP contribution in [-0.2, 0) is 16.8 Å². The number of aryl methyl sites for hydroxylation is 1. The maximum atomic E-state index is 8.52. The van der Waals surface area contributed by atoms with E-state index in [2.05, 4.69) is 37.3 Å². The van der Waals surface area contributed by atoms with E-state index >= 15 is 0 Å². The minimum Gasteiger partial charge on any atom is -0.759 e. The van der Waals surface area contributed by atoms with Gasteiger partial charge in [0.2, 0.25) is 0 Å². The summed E-state index contributed by atoms with van der Waals surface area (Å²) in [6, 6.07) is 10.9. The minimum atomic E-state index is -5.17. The van der Waals surface area contributed by atoms with Gasteiger partial charge in [-0.1, -0.05) is 95.0 Å². The molecule has 0 saturated heterocycles. The van der Waals surface area contributed by atoms with Crippen LogP contribution in [-0.4, -0.2) is 55.3 Å². The van der Waals surface area contributed by atoms with Crippen molar-refractivity contribution in [3.63, 3.8) is 0 Å². The molecule has 134 valence electrons. The predicted octanol–water partition coefficient (Wildman–Crippen LogP) is 4.43. The smallest absolute Gasteiger partial charge is 0.759 e. The van der Waals surface area contributed by atoms with Gasteiger partial charge in [0.05, 0.1) is 0 Å². The zero-order chi connectivity index (χ0) is 17.4. The van der Waals surface area contributed by atoms with E-state index in [4.69, 9.17) is 17.5 Å². The van der Waals surface area contributed by atoms with Crippen LogP contribution in [0.3, 0.4) is 0 Å². The standard InChI is InChI=1S/C18H30.Ca.H2O4S/c1-2-3-4-5-6-7-8-9-10-12-15-18-16-13-11-14-17-18;;1-5(2,3)4/h11,13-14,16-17H,2-10,12,15H2,1H3;;(H2,1,2,3,4)/q;+2;/p-2. The molecule has 0 aromatic heterocycles. The van der Waals surface area contributed by atoms with Gasteiger partial charge in [-0.2, -0.15) is 0 Å². The molecular formula is C18H30CaO4S. The quantitative estimate of drug-likeness (QED) is 0.245. The fourth-order valence-electron chi connectivity index (χ4n) is 2.46. The van der Waals surface area contributed by atoms with Gasteiger partial charge in [-0.05, 0) is 18.4 Å². The molecule has 1 aromatic rings. The second-order valence-electron chi connectivity index (χ2n) is 5.83. The molecule has 0 heterocycles. The Morgan fingerprint density at radius 2 is 1.12 bits per heavy atom. The van der Waals surface area contributed by atoms with E-state index in [1.165, 1.54) is 76.2 Å². The summed E-state index contributed by atoms with van der Waals surface area (Å²) in [7, 11) is -5.17. The van der Waals surface area contributed by atoms with E-state index in [-0.39, 0.29) is 37.7 Å². The van der Waals surface area contributed by atoms with Crippen LogP contribution in [0.2, 0.25) is 0 Å². The minimum absolute atomic E-state index is 0. The van der Waals surface area contributed by atoms with Crippen molar-refractivity contribution in [2.75, 3.05) is 0 Å². The molecule has 1 rings (SSSR count). The molecule has 1 aromatic carbocycles. The van der Waals surface area contributed by atoms with Crippen LogP contribution in [0.5, 0.6) is 0 Å². The van der Waals surface area contributed by atoms with E-state index in [9.17, 15) is 0 Å². The SMILES string of the molecule is CCCCCCCCCCCCc1ccccc1.O=S(=O)([O-])[O-].[Ca+2]. The van der Waals surface area contributed by atoms with Gasteiger partial charge in [0, 0.05) is 10.4 Å². The van der Waals surface area contributed by atoms with E-state index in [1.54, 1.807) is 0 Å². The Morgan fingerprint density at radius 3 is 1.54 bits per heavy atom. The maximum absolute atomic E-state index is 8.52. The molecule has 0 spiro atoms. The number of rotatable bonds is 11. The van der Waals surface area contributed by atoms with Crippen molar-refractivity contribution in [2.24, 2.45) is 0 Å². The van der Waals surface area contributed by atoms with Crippen molar-refractivity contribution < 1.29 is 17.5 Å². The summed E-state index contributed by atoms with van der Waals surface area (Å²) in [5.41, 5.74) is 1.50. The summed E-state index contributed by atoms with van der Waals surface area (Å²) in [5.74, 6) is 0. The van der Waals surface area contributed by atoms with Gasteiger partial charge in [-0.3, -0.25) is 8.42 Å². The zero-order valence-corrected chi connectivity index (χ0v) is 17.9. The average Bonchev–Trinajstić information content (AvgIpc) is 2.48. The van der Waals surface area contributed by atoms with Gasteiger partial charge in [-0.15, -0.1) is 0 Å². The average molecular weight is 383 g/mol. The fourth-order valence-corrected chi connectivity index (χ4v) is 2.46. The molecule has 6 heteroatoms. The third-order valence-corrected chi connectivity index (χ3v) is 3.66. The van der Waals surface area contributed by atoms with Crippen molar-refractivity contribution in [2.45, 2.75) is 77.6 Å². The second-order valence-corrected chi connectivity index (χ2v) is 6.64. The van der Waals surface area contributed by atoms with Gasteiger partial charge in [-0.25, -0.2) is 0 Å². The van der Waals surface area contributed by atoms with Crippen LogP contribution in [0.4, 0.5) is 0 Å². The van der Waals surface area contributed by atoms with Crippen molar-refractivity contribution in [3.8, 4) is 0 Å². The molecule has 4 nitrogen and oxygen atoms in total. The van der Waals surface area contributed by atoms with Gasteiger partial charge < -0.3 is 9.11 Å². The zero-order valence-electron chi connectivity index (χ0n) is 14.9. The van der Waals surface area contributed by atoms with Crippen LogP contribution in [0.25, 0.3) is 0 Å². The molecule has 0 aliphatic heterocycles. The number of hydrogen-bond donors (Lipinski definition) is 0. The fraction of sp³-hybridized carbons (Fsp3) is 0.667. The summed E-state index contributed by atoms with van der Waals surface area (Å²) >= 11 is 0. The van der Waals surface area contributed by atoms with Gasteiger partial charge in [0.15, 0.2) is 0 Å². The molecule has 0 aliphatic carbocycles. The molecule has 0 bridgehead atoms. The number of hydrogen-bond acceptors (Lipinski definition) is 4. The summed E-state index contributed by atoms with van der Waals surface area (Å²) in [5, 5.41) is 0. The Hall–Kier alpha value is 0.350. The largest absolute Gasteiger partial charge is 2.00 e. The summed E-state index contributed by atoms with van der Waals surface area (Å²) in [6.07, 6.45) is 15.5. The normalized spacial score (nSPS) is 10.5. The summed E-state index contributed by atoms with van der Waals surface area (Å²) in [4.78, 5) is 0. The topological polar surface area (TPSA) is 80.3 Å². The Morgan fingerprint density at radius 1 is 0.750 bits per heavy atom. The summed E-state index contributed by atoms with van der Waals surface area (Å²) in [6.45, 7) is 2.28. The first-order valence-electron chi connectivity index (χ1n) is 8.64. The van der Waals surface area contributed by atoms with Crippen molar-refractivity contribution in [1.82, 2.24) is 0 Å². The Kier molecular flexibility index (Phi) is 20.1. The Bertz CT molecular complexity index is 455. The van der Waals surface area contributed by atoms with Crippen molar-refractivity contribution >= 4 is 48.1 Å². The van der Waals surface area contributed by atoms with Crippen LogP contribution in [0, 0.1) is 0 Å². The molecule has 0 atom stereocenters. The number of benzene rings is 1. The second kappa shape index (κ2) is 18.2. The molecule has 0 unspecified atom stereocenters. The molecule has 0 aliphatic rings. The molecule has 0 fully saturated rings. The summed E-state index contributed by atoms with van der Waals surface area (Å²) < 4.78 is 34.1. The van der Waals surface area contributed by atoms with Crippen LogP contribution < -0.4 is 0 Å². The van der Waals surface area contributed by atoms with E-state index in [1.807, 2.05) is 0 Å². The molecule has 0 N–H and O–H groups in total. The molecule has 0 radical (unpaired) electrons. The van der Waals surface area contributed by atoms with Crippen LogP contribution in [0.1, 0.15) is 76.7 Å². The van der Waals surface area contributed by atoms with E-state index in [0.29, 0.717) is 0 Å². The third-order valence-electron chi connectivity index (χ3n) is 3.66. The Balaban J connectivity index is 0. The van der Waals surface area contributed by atoms with Crippen molar-refractivity contribution in [3.05, 3.63) is 35.9 Å². The van der Waals surface area contributed by atoms with Gasteiger partial charge in [0.1, 0.15) is 0 Å². The molecule has 0 saturated carbocycles. The molecule has 0 amide bonds. The van der Waals surface area contributed by atoms with Crippen LogP contribution >= 0.6 is 0 Å². The Labute approximate surface area is 178 Å². The third kappa shape index (κ3) is 24.6.